The van der Waals surface area contributed by atoms with Crippen molar-refractivity contribution in [1.29, 1.82) is 0 Å². The molecule has 1 amide bonds. The van der Waals surface area contributed by atoms with Crippen molar-refractivity contribution in [3.63, 3.8) is 0 Å². The maximum atomic E-state index is 11.6. The summed E-state index contributed by atoms with van der Waals surface area (Å²) in [4.78, 5) is 16.2. The molecule has 1 N–H and O–H groups in total. The second kappa shape index (κ2) is 6.48. The highest BCUT2D eigenvalue weighted by Crippen LogP contribution is 2.20. The Labute approximate surface area is 135 Å². The number of imidazole rings is 1. The summed E-state index contributed by atoms with van der Waals surface area (Å²) in [6, 6.07) is 17.8. The van der Waals surface area contributed by atoms with Gasteiger partial charge in [0.05, 0.1) is 5.69 Å². The van der Waals surface area contributed by atoms with E-state index in [0.717, 1.165) is 23.6 Å². The van der Waals surface area contributed by atoms with Gasteiger partial charge in [0.1, 0.15) is 5.82 Å². The van der Waals surface area contributed by atoms with Gasteiger partial charge in [-0.15, -0.1) is 0 Å². The van der Waals surface area contributed by atoms with Crippen LogP contribution in [0.5, 0.6) is 0 Å². The van der Waals surface area contributed by atoms with Crippen LogP contribution >= 0.6 is 0 Å². The first-order valence-electron chi connectivity index (χ1n) is 7.57. The van der Waals surface area contributed by atoms with E-state index in [1.165, 1.54) is 5.56 Å². The standard InChI is InChI=1S/C19H19N3O/c1-14-21-18(13-22(14)12-15-6-4-3-5-7-15)16-8-10-17(11-9-16)19(23)20-2/h3-11,13H,12H2,1-2H3,(H,20,23). The van der Waals surface area contributed by atoms with Crippen molar-refractivity contribution in [2.24, 2.45) is 0 Å². The Hall–Kier alpha value is -2.88. The molecule has 0 saturated heterocycles. The van der Waals surface area contributed by atoms with E-state index < -0.39 is 0 Å². The van der Waals surface area contributed by atoms with Crippen LogP contribution in [-0.2, 0) is 6.54 Å². The van der Waals surface area contributed by atoms with Gasteiger partial charge in [-0.1, -0.05) is 42.5 Å². The largest absolute Gasteiger partial charge is 0.355 e. The van der Waals surface area contributed by atoms with Crippen molar-refractivity contribution in [3.05, 3.63) is 77.7 Å². The number of benzene rings is 2. The van der Waals surface area contributed by atoms with Gasteiger partial charge in [-0.2, -0.15) is 0 Å². The molecule has 0 saturated carbocycles. The van der Waals surface area contributed by atoms with Gasteiger partial charge < -0.3 is 9.88 Å². The lowest BCUT2D eigenvalue weighted by molar-refractivity contribution is 0.0963. The first-order valence-corrected chi connectivity index (χ1v) is 7.57. The van der Waals surface area contributed by atoms with E-state index in [9.17, 15) is 4.79 Å². The molecule has 0 fully saturated rings. The van der Waals surface area contributed by atoms with Crippen LogP contribution in [0.15, 0.2) is 60.8 Å². The molecule has 1 heterocycles. The molecule has 0 bridgehead atoms. The lowest BCUT2D eigenvalue weighted by Gasteiger charge is -2.04. The molecule has 23 heavy (non-hydrogen) atoms. The summed E-state index contributed by atoms with van der Waals surface area (Å²) < 4.78 is 2.14. The summed E-state index contributed by atoms with van der Waals surface area (Å²) in [7, 11) is 1.63. The molecule has 3 aromatic rings. The zero-order valence-electron chi connectivity index (χ0n) is 13.3. The number of hydrogen-bond acceptors (Lipinski definition) is 2. The molecule has 116 valence electrons. The fourth-order valence-electron chi connectivity index (χ4n) is 2.52. The first kappa shape index (κ1) is 15.0. The van der Waals surface area contributed by atoms with Crippen LogP contribution in [0.1, 0.15) is 21.7 Å². The lowest BCUT2D eigenvalue weighted by Crippen LogP contribution is -2.17. The van der Waals surface area contributed by atoms with Gasteiger partial charge in [0, 0.05) is 30.9 Å². The lowest BCUT2D eigenvalue weighted by atomic mass is 10.1. The van der Waals surface area contributed by atoms with Crippen molar-refractivity contribution >= 4 is 5.91 Å². The average molecular weight is 305 g/mol. The third-order valence-corrected chi connectivity index (χ3v) is 3.84. The number of nitrogens with zero attached hydrogens (tertiary/aromatic N) is 2. The number of carbonyl (C=O) groups excluding carboxylic acids is 1. The normalized spacial score (nSPS) is 10.5. The number of rotatable bonds is 4. The molecule has 0 aliphatic heterocycles. The minimum Gasteiger partial charge on any atom is -0.355 e. The second-order valence-corrected chi connectivity index (χ2v) is 5.44. The van der Waals surface area contributed by atoms with E-state index in [1.54, 1.807) is 7.05 Å². The van der Waals surface area contributed by atoms with Crippen molar-refractivity contribution in [3.8, 4) is 11.3 Å². The fourth-order valence-corrected chi connectivity index (χ4v) is 2.52. The molecule has 0 aliphatic carbocycles. The number of amides is 1. The van der Waals surface area contributed by atoms with Crippen molar-refractivity contribution in [2.75, 3.05) is 7.05 Å². The molecule has 4 nitrogen and oxygen atoms in total. The molecule has 2 aromatic carbocycles. The minimum atomic E-state index is -0.0812. The maximum Gasteiger partial charge on any atom is 0.251 e. The first-order chi connectivity index (χ1) is 11.2. The Morgan fingerprint density at radius 1 is 1.09 bits per heavy atom. The van der Waals surface area contributed by atoms with Crippen LogP contribution in [0.2, 0.25) is 0 Å². The highest BCUT2D eigenvalue weighted by Gasteiger charge is 2.08. The van der Waals surface area contributed by atoms with Crippen LogP contribution in [0, 0.1) is 6.92 Å². The number of hydrogen-bond donors (Lipinski definition) is 1. The second-order valence-electron chi connectivity index (χ2n) is 5.44. The van der Waals surface area contributed by atoms with Crippen molar-refractivity contribution in [1.82, 2.24) is 14.9 Å². The molecule has 0 atom stereocenters. The van der Waals surface area contributed by atoms with Gasteiger partial charge in [0.2, 0.25) is 0 Å². The Kier molecular flexibility index (Phi) is 4.24. The molecule has 0 unspecified atom stereocenters. The van der Waals surface area contributed by atoms with Crippen molar-refractivity contribution < 1.29 is 4.79 Å². The maximum absolute atomic E-state index is 11.6. The quantitative estimate of drug-likeness (QED) is 0.804. The summed E-state index contributed by atoms with van der Waals surface area (Å²) >= 11 is 0. The monoisotopic (exact) mass is 305 g/mol. The minimum absolute atomic E-state index is 0.0812. The summed E-state index contributed by atoms with van der Waals surface area (Å²) in [5, 5.41) is 2.62. The highest BCUT2D eigenvalue weighted by molar-refractivity contribution is 5.94. The SMILES string of the molecule is CNC(=O)c1ccc(-c2cn(Cc3ccccc3)c(C)n2)cc1. The topological polar surface area (TPSA) is 46.9 Å². The Bertz CT molecular complexity index is 804. The smallest absolute Gasteiger partial charge is 0.251 e. The number of aromatic nitrogens is 2. The van der Waals surface area contributed by atoms with E-state index in [0.29, 0.717) is 5.56 Å². The molecule has 4 heteroatoms. The summed E-state index contributed by atoms with van der Waals surface area (Å²) in [5.74, 6) is 0.890. The van der Waals surface area contributed by atoms with Crippen LogP contribution in [0.3, 0.4) is 0 Å². The van der Waals surface area contributed by atoms with Gasteiger partial charge in [0.15, 0.2) is 0 Å². The zero-order chi connectivity index (χ0) is 16.2. The Balaban J connectivity index is 1.84. The summed E-state index contributed by atoms with van der Waals surface area (Å²) in [5.41, 5.74) is 3.82. The predicted molar refractivity (Wildman–Crippen MR) is 91.3 cm³/mol. The summed E-state index contributed by atoms with van der Waals surface area (Å²) in [6.07, 6.45) is 2.05. The van der Waals surface area contributed by atoms with Crippen LogP contribution in [0.4, 0.5) is 0 Å². The van der Waals surface area contributed by atoms with E-state index in [2.05, 4.69) is 33.2 Å². The number of nitrogens with one attached hydrogen (secondary N) is 1. The van der Waals surface area contributed by atoms with Crippen LogP contribution in [0.25, 0.3) is 11.3 Å². The van der Waals surface area contributed by atoms with E-state index in [-0.39, 0.29) is 5.91 Å². The van der Waals surface area contributed by atoms with Crippen LogP contribution < -0.4 is 5.32 Å². The van der Waals surface area contributed by atoms with Gasteiger partial charge >= 0.3 is 0 Å². The molecule has 0 aliphatic rings. The van der Waals surface area contributed by atoms with Gasteiger partial charge in [-0.05, 0) is 24.6 Å². The fraction of sp³-hybridized carbons (Fsp3) is 0.158. The van der Waals surface area contributed by atoms with Gasteiger partial charge in [0.25, 0.3) is 5.91 Å². The third-order valence-electron chi connectivity index (χ3n) is 3.84. The van der Waals surface area contributed by atoms with Crippen LogP contribution in [-0.4, -0.2) is 22.5 Å². The van der Waals surface area contributed by atoms with E-state index in [1.807, 2.05) is 49.4 Å². The third kappa shape index (κ3) is 3.31. The molecule has 1 aromatic heterocycles. The predicted octanol–water partition coefficient (Wildman–Crippen LogP) is 3.27. The van der Waals surface area contributed by atoms with Gasteiger partial charge in [-0.3, -0.25) is 4.79 Å². The van der Waals surface area contributed by atoms with Crippen molar-refractivity contribution in [2.45, 2.75) is 13.5 Å². The Morgan fingerprint density at radius 2 is 1.78 bits per heavy atom. The molecule has 0 radical (unpaired) electrons. The zero-order valence-corrected chi connectivity index (χ0v) is 13.3. The summed E-state index contributed by atoms with van der Waals surface area (Å²) in [6.45, 7) is 2.81. The number of aryl methyl sites for hydroxylation is 1. The molecule has 3 rings (SSSR count). The van der Waals surface area contributed by atoms with E-state index in [4.69, 9.17) is 0 Å². The number of carbonyl (C=O) groups is 1. The molecule has 0 spiro atoms. The van der Waals surface area contributed by atoms with Gasteiger partial charge in [-0.25, -0.2) is 4.98 Å². The highest BCUT2D eigenvalue weighted by atomic mass is 16.1. The Morgan fingerprint density at radius 3 is 2.43 bits per heavy atom. The molecular weight excluding hydrogens is 286 g/mol. The molecular formula is C19H19N3O. The average Bonchev–Trinajstić information content (AvgIpc) is 2.96. The van der Waals surface area contributed by atoms with E-state index >= 15 is 0 Å².